The van der Waals surface area contributed by atoms with Crippen LogP contribution in [0.1, 0.15) is 11.1 Å². The molecule has 0 aliphatic carbocycles. The van der Waals surface area contributed by atoms with Gasteiger partial charge in [0.25, 0.3) is 0 Å². The second-order valence-corrected chi connectivity index (χ2v) is 6.11. The van der Waals surface area contributed by atoms with E-state index < -0.39 is 6.10 Å². The smallest absolute Gasteiger partial charge is 0.137 e. The first-order valence-electron chi connectivity index (χ1n) is 5.91. The Morgan fingerprint density at radius 3 is 2.53 bits per heavy atom. The molecule has 1 nitrogen and oxygen atoms in total. The van der Waals surface area contributed by atoms with Gasteiger partial charge in [0.15, 0.2) is 0 Å². The Morgan fingerprint density at radius 1 is 1.05 bits per heavy atom. The maximum Gasteiger partial charge on any atom is 0.137 e. The van der Waals surface area contributed by atoms with E-state index >= 15 is 0 Å². The number of hydrogen-bond donors (Lipinski definition) is 1. The van der Waals surface area contributed by atoms with Crippen molar-refractivity contribution in [1.29, 1.82) is 0 Å². The van der Waals surface area contributed by atoms with Crippen LogP contribution in [0.4, 0.5) is 4.39 Å². The Balaban J connectivity index is 2.05. The molecular formula is C15H13Br2FO. The molecule has 4 heteroatoms. The van der Waals surface area contributed by atoms with Crippen molar-refractivity contribution in [2.45, 2.75) is 18.9 Å². The number of aliphatic hydroxyl groups is 1. The van der Waals surface area contributed by atoms with Crippen LogP contribution in [0.25, 0.3) is 0 Å². The molecule has 0 amide bonds. The molecule has 0 aliphatic heterocycles. The van der Waals surface area contributed by atoms with Crippen LogP contribution in [-0.2, 0) is 12.8 Å². The predicted octanol–water partition coefficient (Wildman–Crippen LogP) is 4.50. The van der Waals surface area contributed by atoms with Crippen molar-refractivity contribution in [2.75, 3.05) is 0 Å². The molecule has 2 aromatic rings. The molecule has 100 valence electrons. The maximum absolute atomic E-state index is 13.4. The largest absolute Gasteiger partial charge is 0.392 e. The quantitative estimate of drug-likeness (QED) is 0.818. The van der Waals surface area contributed by atoms with Crippen LogP contribution < -0.4 is 0 Å². The van der Waals surface area contributed by atoms with Gasteiger partial charge in [-0.2, -0.15) is 0 Å². The van der Waals surface area contributed by atoms with Crippen LogP contribution in [0.5, 0.6) is 0 Å². The molecule has 0 aliphatic rings. The Morgan fingerprint density at radius 2 is 1.79 bits per heavy atom. The molecule has 0 heterocycles. The first-order chi connectivity index (χ1) is 9.06. The maximum atomic E-state index is 13.4. The molecular weight excluding hydrogens is 375 g/mol. The lowest BCUT2D eigenvalue weighted by Crippen LogP contribution is -2.14. The number of rotatable bonds is 4. The number of benzene rings is 2. The van der Waals surface area contributed by atoms with Gasteiger partial charge in [-0.25, -0.2) is 4.39 Å². The Labute approximate surface area is 128 Å². The molecule has 0 aromatic heterocycles. The summed E-state index contributed by atoms with van der Waals surface area (Å²) in [7, 11) is 0. The second-order valence-electron chi connectivity index (χ2n) is 4.40. The van der Waals surface area contributed by atoms with Crippen molar-refractivity contribution in [3.05, 3.63) is 68.4 Å². The average Bonchev–Trinajstić information content (AvgIpc) is 2.35. The highest BCUT2D eigenvalue weighted by Gasteiger charge is 2.11. The average molecular weight is 388 g/mol. The molecule has 19 heavy (non-hydrogen) atoms. The molecule has 0 spiro atoms. The van der Waals surface area contributed by atoms with Gasteiger partial charge in [-0.3, -0.25) is 0 Å². The number of halogens is 3. The highest BCUT2D eigenvalue weighted by molar-refractivity contribution is 9.10. The first-order valence-corrected chi connectivity index (χ1v) is 7.50. The Kier molecular flexibility index (Phi) is 5.13. The van der Waals surface area contributed by atoms with Crippen LogP contribution in [0.15, 0.2) is 51.4 Å². The summed E-state index contributed by atoms with van der Waals surface area (Å²) in [4.78, 5) is 0. The summed E-state index contributed by atoms with van der Waals surface area (Å²) in [5, 5.41) is 10.1. The van der Waals surface area contributed by atoms with Gasteiger partial charge in [0.05, 0.1) is 10.6 Å². The lowest BCUT2D eigenvalue weighted by Gasteiger charge is -2.12. The molecule has 2 rings (SSSR count). The summed E-state index contributed by atoms with van der Waals surface area (Å²) >= 11 is 6.61. The van der Waals surface area contributed by atoms with Gasteiger partial charge < -0.3 is 5.11 Å². The Hall–Kier alpha value is -0.710. The van der Waals surface area contributed by atoms with E-state index in [1.165, 1.54) is 6.07 Å². The van der Waals surface area contributed by atoms with Crippen molar-refractivity contribution in [3.63, 3.8) is 0 Å². The fourth-order valence-corrected chi connectivity index (χ4v) is 2.84. The molecule has 2 aromatic carbocycles. The van der Waals surface area contributed by atoms with E-state index in [4.69, 9.17) is 0 Å². The molecule has 1 unspecified atom stereocenters. The SMILES string of the molecule is OC(Cc1cccc(Br)c1)Cc1cccc(F)c1Br. The zero-order valence-electron chi connectivity index (χ0n) is 10.1. The summed E-state index contributed by atoms with van der Waals surface area (Å²) in [6.07, 6.45) is 0.431. The van der Waals surface area contributed by atoms with Gasteiger partial charge in [0, 0.05) is 4.47 Å². The second kappa shape index (κ2) is 6.64. The van der Waals surface area contributed by atoms with Crippen LogP contribution >= 0.6 is 31.9 Å². The monoisotopic (exact) mass is 386 g/mol. The number of hydrogen-bond acceptors (Lipinski definition) is 1. The van der Waals surface area contributed by atoms with Gasteiger partial charge in [0.2, 0.25) is 0 Å². The molecule has 0 fully saturated rings. The van der Waals surface area contributed by atoms with Crippen LogP contribution in [-0.4, -0.2) is 11.2 Å². The third-order valence-corrected chi connectivity index (χ3v) is 4.23. The molecule has 0 radical (unpaired) electrons. The topological polar surface area (TPSA) is 20.2 Å². The molecule has 0 saturated heterocycles. The molecule has 1 N–H and O–H groups in total. The van der Waals surface area contributed by atoms with Gasteiger partial charge in [-0.1, -0.05) is 40.2 Å². The highest BCUT2D eigenvalue weighted by Crippen LogP contribution is 2.22. The van der Waals surface area contributed by atoms with E-state index in [0.29, 0.717) is 17.3 Å². The minimum Gasteiger partial charge on any atom is -0.392 e. The minimum absolute atomic E-state index is 0.299. The standard InChI is InChI=1S/C15H13Br2FO/c16-12-5-1-3-10(7-12)8-13(19)9-11-4-2-6-14(18)15(11)17/h1-7,13,19H,8-9H2. The normalized spacial score (nSPS) is 12.4. The van der Waals surface area contributed by atoms with E-state index in [2.05, 4.69) is 31.9 Å². The van der Waals surface area contributed by atoms with Gasteiger partial charge >= 0.3 is 0 Å². The minimum atomic E-state index is -0.535. The van der Waals surface area contributed by atoms with Crippen LogP contribution in [0, 0.1) is 5.82 Å². The summed E-state index contributed by atoms with van der Waals surface area (Å²) < 4.78 is 14.8. The van der Waals surface area contributed by atoms with E-state index in [9.17, 15) is 9.50 Å². The van der Waals surface area contributed by atoms with Crippen LogP contribution in [0.2, 0.25) is 0 Å². The molecule has 1 atom stereocenters. The summed E-state index contributed by atoms with van der Waals surface area (Å²) in [5.41, 5.74) is 1.83. The van der Waals surface area contributed by atoms with Gasteiger partial charge in [-0.05, 0) is 58.1 Å². The van der Waals surface area contributed by atoms with Crippen molar-refractivity contribution in [3.8, 4) is 0 Å². The van der Waals surface area contributed by atoms with E-state index in [1.807, 2.05) is 30.3 Å². The molecule has 0 saturated carbocycles. The summed E-state index contributed by atoms with van der Waals surface area (Å²) in [6.45, 7) is 0. The fraction of sp³-hybridized carbons (Fsp3) is 0.200. The van der Waals surface area contributed by atoms with Crippen molar-refractivity contribution in [1.82, 2.24) is 0 Å². The van der Waals surface area contributed by atoms with Crippen molar-refractivity contribution >= 4 is 31.9 Å². The van der Waals surface area contributed by atoms with Crippen LogP contribution in [0.3, 0.4) is 0 Å². The molecule has 0 bridgehead atoms. The van der Waals surface area contributed by atoms with Gasteiger partial charge in [0.1, 0.15) is 5.82 Å². The highest BCUT2D eigenvalue weighted by atomic mass is 79.9. The predicted molar refractivity (Wildman–Crippen MR) is 81.7 cm³/mol. The fourth-order valence-electron chi connectivity index (χ4n) is 1.97. The zero-order valence-corrected chi connectivity index (χ0v) is 13.3. The van der Waals surface area contributed by atoms with E-state index in [1.54, 1.807) is 6.07 Å². The van der Waals surface area contributed by atoms with E-state index in [-0.39, 0.29) is 5.82 Å². The van der Waals surface area contributed by atoms with Crippen molar-refractivity contribution < 1.29 is 9.50 Å². The lowest BCUT2D eigenvalue weighted by molar-refractivity contribution is 0.175. The Bertz CT molecular complexity index is 572. The number of aliphatic hydroxyl groups excluding tert-OH is 1. The van der Waals surface area contributed by atoms with E-state index in [0.717, 1.165) is 15.6 Å². The zero-order chi connectivity index (χ0) is 13.8. The third-order valence-electron chi connectivity index (χ3n) is 2.85. The van der Waals surface area contributed by atoms with Gasteiger partial charge in [-0.15, -0.1) is 0 Å². The lowest BCUT2D eigenvalue weighted by atomic mass is 10.0. The van der Waals surface area contributed by atoms with Crippen molar-refractivity contribution in [2.24, 2.45) is 0 Å². The first kappa shape index (κ1) is 14.7. The summed E-state index contributed by atoms with van der Waals surface area (Å²) in [5.74, 6) is -0.299. The third kappa shape index (κ3) is 4.13. The summed E-state index contributed by atoms with van der Waals surface area (Å²) in [6, 6.07) is 12.7.